The molecular formula is C15H14N2O2S. The van der Waals surface area contributed by atoms with E-state index in [0.29, 0.717) is 0 Å². The molecule has 0 aliphatic heterocycles. The van der Waals surface area contributed by atoms with Crippen LogP contribution in [0.15, 0.2) is 35.7 Å². The summed E-state index contributed by atoms with van der Waals surface area (Å²) in [5.41, 5.74) is 3.89. The van der Waals surface area contributed by atoms with E-state index in [0.717, 1.165) is 34.0 Å². The van der Waals surface area contributed by atoms with E-state index in [9.17, 15) is 4.79 Å². The predicted octanol–water partition coefficient (Wildman–Crippen LogP) is 3.25. The summed E-state index contributed by atoms with van der Waals surface area (Å²) in [5, 5.41) is 10.9. The fourth-order valence-electron chi connectivity index (χ4n) is 2.41. The molecule has 4 nitrogen and oxygen atoms in total. The smallest absolute Gasteiger partial charge is 0.309 e. The summed E-state index contributed by atoms with van der Waals surface area (Å²) >= 11 is 1.49. The molecule has 0 atom stereocenters. The van der Waals surface area contributed by atoms with E-state index in [2.05, 4.69) is 11.9 Å². The number of carbonyl (C=O) groups is 1. The van der Waals surface area contributed by atoms with Gasteiger partial charge in [-0.15, -0.1) is 11.3 Å². The third-order valence-electron chi connectivity index (χ3n) is 3.24. The Labute approximate surface area is 120 Å². The van der Waals surface area contributed by atoms with Gasteiger partial charge >= 0.3 is 5.97 Å². The van der Waals surface area contributed by atoms with Crippen molar-refractivity contribution in [3.8, 4) is 11.3 Å². The van der Waals surface area contributed by atoms with Crippen LogP contribution < -0.4 is 0 Å². The van der Waals surface area contributed by atoms with Gasteiger partial charge in [0.25, 0.3) is 0 Å². The third-order valence-corrected chi connectivity index (χ3v) is 4.12. The Hall–Kier alpha value is -2.14. The van der Waals surface area contributed by atoms with Gasteiger partial charge in [0.2, 0.25) is 0 Å². The van der Waals surface area contributed by atoms with Crippen molar-refractivity contribution in [1.82, 2.24) is 9.38 Å². The first-order valence-corrected chi connectivity index (χ1v) is 7.33. The number of benzene rings is 1. The molecule has 2 heterocycles. The predicted molar refractivity (Wildman–Crippen MR) is 79.2 cm³/mol. The number of carboxylic acids is 1. The Bertz CT molecular complexity index is 759. The number of aryl methyl sites for hydroxylation is 1. The SMILES string of the molecule is CCc1c(-c2ccccc2)nc2scc(CC(=O)O)n12. The second-order valence-corrected chi connectivity index (χ2v) is 5.38. The number of hydrogen-bond acceptors (Lipinski definition) is 3. The first kappa shape index (κ1) is 12.9. The lowest BCUT2D eigenvalue weighted by molar-refractivity contribution is -0.136. The van der Waals surface area contributed by atoms with Crippen molar-refractivity contribution in [2.45, 2.75) is 19.8 Å². The number of nitrogens with zero attached hydrogens (tertiary/aromatic N) is 2. The van der Waals surface area contributed by atoms with Gasteiger partial charge in [-0.2, -0.15) is 0 Å². The quantitative estimate of drug-likeness (QED) is 0.801. The highest BCUT2D eigenvalue weighted by Crippen LogP contribution is 2.29. The molecule has 0 fully saturated rings. The molecule has 0 saturated heterocycles. The van der Waals surface area contributed by atoms with Crippen LogP contribution in [0.3, 0.4) is 0 Å². The highest BCUT2D eigenvalue weighted by atomic mass is 32.1. The van der Waals surface area contributed by atoms with Crippen molar-refractivity contribution >= 4 is 22.3 Å². The zero-order valence-corrected chi connectivity index (χ0v) is 11.9. The van der Waals surface area contributed by atoms with Crippen molar-refractivity contribution in [3.05, 3.63) is 47.1 Å². The fraction of sp³-hybridized carbons (Fsp3) is 0.200. The first-order valence-electron chi connectivity index (χ1n) is 6.45. The van der Waals surface area contributed by atoms with Crippen LogP contribution in [-0.4, -0.2) is 20.5 Å². The summed E-state index contributed by atoms with van der Waals surface area (Å²) in [6, 6.07) is 10.0. The molecule has 2 aromatic heterocycles. The van der Waals surface area contributed by atoms with Crippen LogP contribution in [0.25, 0.3) is 16.2 Å². The number of imidazole rings is 1. The maximum absolute atomic E-state index is 11.0. The summed E-state index contributed by atoms with van der Waals surface area (Å²) in [4.78, 5) is 16.5. The van der Waals surface area contributed by atoms with Crippen LogP contribution in [-0.2, 0) is 17.6 Å². The maximum Gasteiger partial charge on any atom is 0.309 e. The molecule has 1 N–H and O–H groups in total. The second-order valence-electron chi connectivity index (χ2n) is 4.54. The van der Waals surface area contributed by atoms with Gasteiger partial charge in [0.05, 0.1) is 17.8 Å². The number of fused-ring (bicyclic) bond motifs is 1. The molecule has 0 unspecified atom stereocenters. The van der Waals surface area contributed by atoms with Crippen molar-refractivity contribution in [1.29, 1.82) is 0 Å². The van der Waals surface area contributed by atoms with Gasteiger partial charge in [-0.1, -0.05) is 37.3 Å². The lowest BCUT2D eigenvalue weighted by Gasteiger charge is -2.03. The van der Waals surface area contributed by atoms with Crippen LogP contribution in [0.1, 0.15) is 18.3 Å². The molecule has 0 amide bonds. The molecule has 20 heavy (non-hydrogen) atoms. The molecule has 3 aromatic rings. The van der Waals surface area contributed by atoms with Gasteiger partial charge < -0.3 is 5.11 Å². The Kier molecular flexibility index (Phi) is 3.28. The highest BCUT2D eigenvalue weighted by Gasteiger charge is 2.17. The van der Waals surface area contributed by atoms with Crippen molar-refractivity contribution in [2.24, 2.45) is 0 Å². The normalized spacial score (nSPS) is 11.1. The van der Waals surface area contributed by atoms with Crippen LogP contribution in [0.5, 0.6) is 0 Å². The first-order chi connectivity index (χ1) is 9.70. The van der Waals surface area contributed by atoms with Gasteiger partial charge in [0, 0.05) is 16.6 Å². The van der Waals surface area contributed by atoms with E-state index in [1.54, 1.807) is 0 Å². The number of carboxylic acid groups (broad SMARTS) is 1. The molecule has 0 aliphatic rings. The summed E-state index contributed by atoms with van der Waals surface area (Å²) in [6.07, 6.45) is 0.840. The molecule has 5 heteroatoms. The second kappa shape index (κ2) is 5.09. The number of aliphatic carboxylic acids is 1. The Morgan fingerprint density at radius 3 is 2.75 bits per heavy atom. The summed E-state index contributed by atoms with van der Waals surface area (Å²) < 4.78 is 1.99. The van der Waals surface area contributed by atoms with Crippen LogP contribution in [0.4, 0.5) is 0 Å². The van der Waals surface area contributed by atoms with E-state index >= 15 is 0 Å². The Morgan fingerprint density at radius 1 is 1.35 bits per heavy atom. The molecule has 3 rings (SSSR count). The molecule has 102 valence electrons. The Morgan fingerprint density at radius 2 is 2.10 bits per heavy atom. The van der Waals surface area contributed by atoms with Crippen molar-refractivity contribution in [3.63, 3.8) is 0 Å². The van der Waals surface area contributed by atoms with Gasteiger partial charge in [0.1, 0.15) is 0 Å². The highest BCUT2D eigenvalue weighted by molar-refractivity contribution is 7.15. The molecule has 0 radical (unpaired) electrons. The van der Waals surface area contributed by atoms with Gasteiger partial charge in [0.15, 0.2) is 4.96 Å². The molecule has 0 bridgehead atoms. The van der Waals surface area contributed by atoms with E-state index in [1.165, 1.54) is 11.3 Å². The zero-order chi connectivity index (χ0) is 14.1. The van der Waals surface area contributed by atoms with E-state index < -0.39 is 5.97 Å². The monoisotopic (exact) mass is 286 g/mol. The molecule has 0 saturated carbocycles. The minimum Gasteiger partial charge on any atom is -0.481 e. The third kappa shape index (κ3) is 2.10. The summed E-state index contributed by atoms with van der Waals surface area (Å²) in [6.45, 7) is 2.07. The van der Waals surface area contributed by atoms with Crippen LogP contribution >= 0.6 is 11.3 Å². The van der Waals surface area contributed by atoms with Gasteiger partial charge in [-0.25, -0.2) is 4.98 Å². The number of aromatic nitrogens is 2. The lowest BCUT2D eigenvalue weighted by Crippen LogP contribution is -2.04. The molecule has 0 spiro atoms. The number of rotatable bonds is 4. The number of hydrogen-bond donors (Lipinski definition) is 1. The van der Waals surface area contributed by atoms with E-state index in [4.69, 9.17) is 5.11 Å². The van der Waals surface area contributed by atoms with Crippen molar-refractivity contribution < 1.29 is 9.90 Å². The largest absolute Gasteiger partial charge is 0.481 e. The van der Waals surface area contributed by atoms with Gasteiger partial charge in [-0.3, -0.25) is 9.20 Å². The molecule has 0 aliphatic carbocycles. The van der Waals surface area contributed by atoms with Gasteiger partial charge in [-0.05, 0) is 6.42 Å². The summed E-state index contributed by atoms with van der Waals surface area (Å²) in [5.74, 6) is -0.818. The average molecular weight is 286 g/mol. The minimum absolute atomic E-state index is 0.0254. The Balaban J connectivity index is 2.20. The standard InChI is InChI=1S/C15H14N2O2S/c1-2-12-14(10-6-4-3-5-7-10)16-15-17(12)11(9-20-15)8-13(18)19/h3-7,9H,2,8H2,1H3,(H,18,19). The number of thiazole rings is 1. The molecule has 1 aromatic carbocycles. The molecular weight excluding hydrogens is 272 g/mol. The van der Waals surface area contributed by atoms with Crippen LogP contribution in [0, 0.1) is 0 Å². The maximum atomic E-state index is 11.0. The topological polar surface area (TPSA) is 54.6 Å². The average Bonchev–Trinajstić information content (AvgIpc) is 2.99. The van der Waals surface area contributed by atoms with E-state index in [-0.39, 0.29) is 6.42 Å². The van der Waals surface area contributed by atoms with Crippen molar-refractivity contribution in [2.75, 3.05) is 0 Å². The lowest BCUT2D eigenvalue weighted by atomic mass is 10.1. The summed E-state index contributed by atoms with van der Waals surface area (Å²) in [7, 11) is 0. The van der Waals surface area contributed by atoms with Crippen LogP contribution in [0.2, 0.25) is 0 Å². The minimum atomic E-state index is -0.818. The zero-order valence-electron chi connectivity index (χ0n) is 11.0. The fourth-order valence-corrected chi connectivity index (χ4v) is 3.32. The van der Waals surface area contributed by atoms with E-state index in [1.807, 2.05) is 40.1 Å².